The molecule has 20 heavy (non-hydrogen) atoms. The molecule has 0 aliphatic rings. The average molecular weight is 284 g/mol. The minimum atomic E-state index is 0.718. The predicted octanol–water partition coefficient (Wildman–Crippen LogP) is 4.52. The van der Waals surface area contributed by atoms with Gasteiger partial charge in [-0.3, -0.25) is 0 Å². The SMILES string of the molecule is Cc1ccc(Nc2nccc3ccc(N)cc23)cc1Cl. The van der Waals surface area contributed by atoms with Gasteiger partial charge in [0.2, 0.25) is 0 Å². The summed E-state index contributed by atoms with van der Waals surface area (Å²) in [5, 5.41) is 6.10. The number of halogens is 1. The van der Waals surface area contributed by atoms with Crippen LogP contribution in [0.1, 0.15) is 5.56 Å². The molecule has 0 spiro atoms. The maximum Gasteiger partial charge on any atom is 0.138 e. The third-order valence-electron chi connectivity index (χ3n) is 3.22. The molecular formula is C16H14ClN3. The fourth-order valence-corrected chi connectivity index (χ4v) is 2.27. The van der Waals surface area contributed by atoms with Crippen molar-refractivity contribution in [2.75, 3.05) is 11.1 Å². The Labute approximate surface area is 122 Å². The second-order valence-corrected chi connectivity index (χ2v) is 5.14. The zero-order chi connectivity index (χ0) is 14.1. The molecule has 2 aromatic carbocycles. The van der Waals surface area contributed by atoms with Gasteiger partial charge in [0.05, 0.1) is 0 Å². The van der Waals surface area contributed by atoms with Crippen molar-refractivity contribution in [3.05, 3.63) is 59.2 Å². The van der Waals surface area contributed by atoms with Gasteiger partial charge in [0.15, 0.2) is 0 Å². The fourth-order valence-electron chi connectivity index (χ4n) is 2.09. The summed E-state index contributed by atoms with van der Waals surface area (Å²) in [6, 6.07) is 13.6. The largest absolute Gasteiger partial charge is 0.399 e. The first kappa shape index (κ1) is 12.8. The summed E-state index contributed by atoms with van der Waals surface area (Å²) >= 11 is 6.14. The summed E-state index contributed by atoms with van der Waals surface area (Å²) in [6.07, 6.45) is 1.77. The molecule has 0 saturated carbocycles. The number of nitrogens with two attached hydrogens (primary N) is 1. The predicted molar refractivity (Wildman–Crippen MR) is 85.6 cm³/mol. The second kappa shape index (κ2) is 5.02. The molecule has 0 aliphatic carbocycles. The molecule has 3 nitrogen and oxygen atoms in total. The Morgan fingerprint density at radius 2 is 1.95 bits per heavy atom. The molecule has 1 aromatic heterocycles. The van der Waals surface area contributed by atoms with Gasteiger partial charge in [-0.25, -0.2) is 4.98 Å². The van der Waals surface area contributed by atoms with Crippen molar-refractivity contribution in [1.82, 2.24) is 4.98 Å². The lowest BCUT2D eigenvalue weighted by molar-refractivity contribution is 1.33. The molecule has 1 heterocycles. The van der Waals surface area contributed by atoms with Gasteiger partial charge in [-0.05, 0) is 48.2 Å². The van der Waals surface area contributed by atoms with Crippen molar-refractivity contribution in [2.24, 2.45) is 0 Å². The lowest BCUT2D eigenvalue weighted by Gasteiger charge is -2.10. The molecule has 0 radical (unpaired) electrons. The minimum absolute atomic E-state index is 0.718. The first-order valence-corrected chi connectivity index (χ1v) is 6.69. The van der Waals surface area contributed by atoms with E-state index in [0.717, 1.165) is 38.6 Å². The third kappa shape index (κ3) is 2.40. The first-order valence-electron chi connectivity index (χ1n) is 6.31. The first-order chi connectivity index (χ1) is 9.63. The molecular weight excluding hydrogens is 270 g/mol. The molecule has 0 fully saturated rings. The number of pyridine rings is 1. The van der Waals surface area contributed by atoms with E-state index in [4.69, 9.17) is 17.3 Å². The number of nitrogen functional groups attached to an aromatic ring is 1. The monoisotopic (exact) mass is 283 g/mol. The van der Waals surface area contributed by atoms with Crippen LogP contribution < -0.4 is 11.1 Å². The molecule has 0 amide bonds. The van der Waals surface area contributed by atoms with Gasteiger partial charge >= 0.3 is 0 Å². The summed E-state index contributed by atoms with van der Waals surface area (Å²) < 4.78 is 0. The highest BCUT2D eigenvalue weighted by molar-refractivity contribution is 6.31. The number of nitrogens with zero attached hydrogens (tertiary/aromatic N) is 1. The Kier molecular flexibility index (Phi) is 3.20. The molecule has 3 aromatic rings. The highest BCUT2D eigenvalue weighted by atomic mass is 35.5. The third-order valence-corrected chi connectivity index (χ3v) is 3.63. The number of rotatable bonds is 2. The molecule has 0 bridgehead atoms. The van der Waals surface area contributed by atoms with E-state index in [2.05, 4.69) is 10.3 Å². The number of nitrogens with one attached hydrogen (secondary N) is 1. The minimum Gasteiger partial charge on any atom is -0.399 e. The number of aryl methyl sites for hydroxylation is 1. The molecule has 0 atom stereocenters. The van der Waals surface area contributed by atoms with E-state index < -0.39 is 0 Å². The molecule has 4 heteroatoms. The van der Waals surface area contributed by atoms with Crippen LogP contribution >= 0.6 is 11.6 Å². The number of hydrogen-bond acceptors (Lipinski definition) is 3. The Balaban J connectivity index is 2.05. The molecule has 0 aliphatic heterocycles. The number of aromatic nitrogens is 1. The molecule has 3 N–H and O–H groups in total. The van der Waals surface area contributed by atoms with Gasteiger partial charge in [0.25, 0.3) is 0 Å². The zero-order valence-electron chi connectivity index (χ0n) is 11.0. The van der Waals surface area contributed by atoms with Gasteiger partial charge < -0.3 is 11.1 Å². The van der Waals surface area contributed by atoms with Crippen LogP contribution in [-0.4, -0.2) is 4.98 Å². The van der Waals surface area contributed by atoms with E-state index in [-0.39, 0.29) is 0 Å². The maximum atomic E-state index is 6.14. The van der Waals surface area contributed by atoms with Gasteiger partial charge in [-0.15, -0.1) is 0 Å². The van der Waals surface area contributed by atoms with Crippen LogP contribution in [0, 0.1) is 6.92 Å². The van der Waals surface area contributed by atoms with Gasteiger partial charge in [0.1, 0.15) is 5.82 Å². The van der Waals surface area contributed by atoms with Crippen LogP contribution in [-0.2, 0) is 0 Å². The highest BCUT2D eigenvalue weighted by Gasteiger charge is 2.04. The Hall–Kier alpha value is -2.26. The van der Waals surface area contributed by atoms with Crippen molar-refractivity contribution in [3.63, 3.8) is 0 Å². The van der Waals surface area contributed by atoms with E-state index in [0.29, 0.717) is 0 Å². The van der Waals surface area contributed by atoms with Crippen LogP contribution in [0.4, 0.5) is 17.2 Å². The van der Waals surface area contributed by atoms with Crippen molar-refractivity contribution >= 4 is 39.6 Å². The van der Waals surface area contributed by atoms with Crippen LogP contribution in [0.2, 0.25) is 5.02 Å². The zero-order valence-corrected chi connectivity index (χ0v) is 11.8. The lowest BCUT2D eigenvalue weighted by atomic mass is 10.1. The Morgan fingerprint density at radius 3 is 2.75 bits per heavy atom. The van der Waals surface area contributed by atoms with Crippen LogP contribution in [0.25, 0.3) is 10.8 Å². The Morgan fingerprint density at radius 1 is 1.10 bits per heavy atom. The van der Waals surface area contributed by atoms with Crippen LogP contribution in [0.15, 0.2) is 48.7 Å². The summed E-state index contributed by atoms with van der Waals surface area (Å²) in [5.41, 5.74) is 8.53. The molecule has 0 unspecified atom stereocenters. The lowest BCUT2D eigenvalue weighted by Crippen LogP contribution is -1.95. The number of fused-ring (bicyclic) bond motifs is 1. The summed E-state index contributed by atoms with van der Waals surface area (Å²) in [5.74, 6) is 0.773. The van der Waals surface area contributed by atoms with Gasteiger partial charge in [0, 0.05) is 28.0 Å². The standard InChI is InChI=1S/C16H14ClN3/c1-10-2-5-13(9-15(10)17)20-16-14-8-12(18)4-3-11(14)6-7-19-16/h2-9H,18H2,1H3,(H,19,20). The van der Waals surface area contributed by atoms with Gasteiger partial charge in [-0.2, -0.15) is 0 Å². The van der Waals surface area contributed by atoms with Gasteiger partial charge in [-0.1, -0.05) is 23.7 Å². The van der Waals surface area contributed by atoms with Crippen LogP contribution in [0.5, 0.6) is 0 Å². The van der Waals surface area contributed by atoms with E-state index in [1.54, 1.807) is 6.20 Å². The number of anilines is 3. The maximum absolute atomic E-state index is 6.14. The molecule has 100 valence electrons. The van der Waals surface area contributed by atoms with E-state index in [9.17, 15) is 0 Å². The number of hydrogen-bond donors (Lipinski definition) is 2. The van der Waals surface area contributed by atoms with E-state index in [1.165, 1.54) is 0 Å². The quantitative estimate of drug-likeness (QED) is 0.680. The summed E-state index contributed by atoms with van der Waals surface area (Å²) in [6.45, 7) is 1.98. The Bertz CT molecular complexity index is 784. The van der Waals surface area contributed by atoms with Crippen molar-refractivity contribution < 1.29 is 0 Å². The topological polar surface area (TPSA) is 50.9 Å². The van der Waals surface area contributed by atoms with Crippen molar-refractivity contribution in [3.8, 4) is 0 Å². The van der Waals surface area contributed by atoms with Crippen LogP contribution in [0.3, 0.4) is 0 Å². The fraction of sp³-hybridized carbons (Fsp3) is 0.0625. The van der Waals surface area contributed by atoms with E-state index in [1.807, 2.05) is 49.4 Å². The van der Waals surface area contributed by atoms with Crippen molar-refractivity contribution in [2.45, 2.75) is 6.92 Å². The summed E-state index contributed by atoms with van der Waals surface area (Å²) in [4.78, 5) is 4.39. The average Bonchev–Trinajstić information content (AvgIpc) is 2.44. The number of benzene rings is 2. The smallest absolute Gasteiger partial charge is 0.138 e. The summed E-state index contributed by atoms with van der Waals surface area (Å²) in [7, 11) is 0. The van der Waals surface area contributed by atoms with Crippen molar-refractivity contribution in [1.29, 1.82) is 0 Å². The normalized spacial score (nSPS) is 10.7. The molecule has 0 saturated heterocycles. The molecule has 3 rings (SSSR count). The van der Waals surface area contributed by atoms with E-state index >= 15 is 0 Å². The second-order valence-electron chi connectivity index (χ2n) is 4.73. The highest BCUT2D eigenvalue weighted by Crippen LogP contribution is 2.27.